The van der Waals surface area contributed by atoms with Crippen molar-refractivity contribution in [1.29, 1.82) is 0 Å². The van der Waals surface area contributed by atoms with E-state index in [1.54, 1.807) is 0 Å². The maximum atomic E-state index is 10.3. The highest BCUT2D eigenvalue weighted by atomic mass is 16.3. The Bertz CT molecular complexity index is 198. The highest BCUT2D eigenvalue weighted by Crippen LogP contribution is 2.00. The Morgan fingerprint density at radius 3 is 2.45 bits per heavy atom. The highest BCUT2D eigenvalue weighted by Gasteiger charge is 2.00. The molecule has 0 saturated carbocycles. The molecule has 0 aliphatic rings. The number of rotatable bonds is 3. The van der Waals surface area contributed by atoms with Crippen LogP contribution < -0.4 is 5.73 Å². The van der Waals surface area contributed by atoms with Gasteiger partial charge in [0.05, 0.1) is 6.61 Å². The van der Waals surface area contributed by atoms with Crippen LogP contribution in [-0.2, 0) is 11.5 Å². The van der Waals surface area contributed by atoms with Crippen LogP contribution in [0.2, 0.25) is 0 Å². The molecule has 0 saturated heterocycles. The lowest BCUT2D eigenvalue weighted by Crippen LogP contribution is -2.26. The van der Waals surface area contributed by atoms with Crippen LogP contribution in [0.3, 0.4) is 0 Å². The van der Waals surface area contributed by atoms with E-state index in [1.165, 1.54) is 0 Å². The minimum atomic E-state index is -0.239. The van der Waals surface area contributed by atoms with Gasteiger partial charge in [0.2, 0.25) is 0 Å². The van der Waals surface area contributed by atoms with E-state index in [4.69, 9.17) is 5.73 Å². The zero-order valence-corrected chi connectivity index (χ0v) is 6.36. The van der Waals surface area contributed by atoms with Crippen molar-refractivity contribution in [2.24, 2.45) is 5.73 Å². The second-order valence-corrected chi connectivity index (χ2v) is 2.62. The van der Waals surface area contributed by atoms with Gasteiger partial charge in [0.15, 0.2) is 0 Å². The lowest BCUT2D eigenvalue weighted by atomic mass is 10.1. The summed E-state index contributed by atoms with van der Waals surface area (Å²) in [6.07, 6.45) is 0.685. The van der Waals surface area contributed by atoms with Crippen LogP contribution in [0.5, 0.6) is 0 Å². The lowest BCUT2D eigenvalue weighted by molar-refractivity contribution is 0.173. The van der Waals surface area contributed by atoms with Gasteiger partial charge in [-0.05, 0) is 12.0 Å². The van der Waals surface area contributed by atoms with E-state index in [0.29, 0.717) is 6.42 Å². The third-order valence-corrected chi connectivity index (χ3v) is 1.55. The van der Waals surface area contributed by atoms with Crippen LogP contribution in [0.1, 0.15) is 5.56 Å². The molecule has 0 heterocycles. The Hall–Kier alpha value is -0.860. The lowest BCUT2D eigenvalue weighted by Gasteiger charge is -2.05. The summed E-state index contributed by atoms with van der Waals surface area (Å²) in [4.78, 5) is 0. The van der Waals surface area contributed by atoms with Gasteiger partial charge in [-0.2, -0.15) is 0 Å². The molecule has 2 heteroatoms. The molecule has 0 bridgehead atoms. The third kappa shape index (κ3) is 2.70. The molecule has 59 valence electrons. The summed E-state index contributed by atoms with van der Waals surface area (Å²) in [6, 6.07) is 9.58. The van der Waals surface area contributed by atoms with Crippen molar-refractivity contribution in [3.05, 3.63) is 35.9 Å². The van der Waals surface area contributed by atoms with Gasteiger partial charge in [-0.1, -0.05) is 30.3 Å². The SMILES string of the molecule is N[C@@H](C[O])Cc1ccccc1. The Morgan fingerprint density at radius 2 is 1.91 bits per heavy atom. The third-order valence-electron chi connectivity index (χ3n) is 1.55. The van der Waals surface area contributed by atoms with E-state index in [-0.39, 0.29) is 12.6 Å². The van der Waals surface area contributed by atoms with Gasteiger partial charge in [-0.15, -0.1) is 0 Å². The first-order valence-electron chi connectivity index (χ1n) is 3.70. The fourth-order valence-electron chi connectivity index (χ4n) is 0.976. The first-order chi connectivity index (χ1) is 5.33. The standard InChI is InChI=1S/C9H12NO/c10-9(7-11)6-8-4-2-1-3-5-8/h1-5,9H,6-7,10H2/t9-/m1/s1. The van der Waals surface area contributed by atoms with E-state index in [0.717, 1.165) is 5.56 Å². The summed E-state index contributed by atoms with van der Waals surface area (Å²) in [7, 11) is 0. The molecule has 2 N–H and O–H groups in total. The summed E-state index contributed by atoms with van der Waals surface area (Å²) < 4.78 is 0. The fraction of sp³-hybridized carbons (Fsp3) is 0.333. The van der Waals surface area contributed by atoms with Crippen molar-refractivity contribution in [3.8, 4) is 0 Å². The monoisotopic (exact) mass is 150 g/mol. The zero-order chi connectivity index (χ0) is 8.10. The Balaban J connectivity index is 2.51. The van der Waals surface area contributed by atoms with Gasteiger partial charge in [0.25, 0.3) is 0 Å². The van der Waals surface area contributed by atoms with Crippen molar-refractivity contribution in [3.63, 3.8) is 0 Å². The fourth-order valence-corrected chi connectivity index (χ4v) is 0.976. The van der Waals surface area contributed by atoms with Crippen LogP contribution in [-0.4, -0.2) is 12.6 Å². The van der Waals surface area contributed by atoms with Crippen LogP contribution in [0.25, 0.3) is 0 Å². The van der Waals surface area contributed by atoms with E-state index < -0.39 is 0 Å². The molecule has 1 radical (unpaired) electrons. The number of hydrogen-bond acceptors (Lipinski definition) is 1. The molecule has 0 fully saturated rings. The summed E-state index contributed by atoms with van der Waals surface area (Å²) in [5.41, 5.74) is 6.63. The molecule has 0 aliphatic carbocycles. The molecule has 1 aromatic rings. The Labute approximate surface area is 66.7 Å². The predicted molar refractivity (Wildman–Crippen MR) is 43.7 cm³/mol. The molecule has 0 aromatic heterocycles. The predicted octanol–water partition coefficient (Wildman–Crippen LogP) is 0.987. The molecular formula is C9H12NO. The molecular weight excluding hydrogens is 138 g/mol. The minimum Gasteiger partial charge on any atom is -0.325 e. The van der Waals surface area contributed by atoms with Crippen molar-refractivity contribution in [1.82, 2.24) is 0 Å². The molecule has 1 aromatic carbocycles. The molecule has 0 spiro atoms. The Morgan fingerprint density at radius 1 is 1.27 bits per heavy atom. The highest BCUT2D eigenvalue weighted by molar-refractivity contribution is 5.15. The topological polar surface area (TPSA) is 45.9 Å². The van der Waals surface area contributed by atoms with Crippen LogP contribution in [0.4, 0.5) is 0 Å². The molecule has 2 nitrogen and oxygen atoms in total. The second kappa shape index (κ2) is 4.11. The number of nitrogens with two attached hydrogens (primary N) is 1. The number of benzene rings is 1. The maximum Gasteiger partial charge on any atom is 0.0976 e. The van der Waals surface area contributed by atoms with Crippen molar-refractivity contribution < 1.29 is 5.11 Å². The van der Waals surface area contributed by atoms with E-state index in [9.17, 15) is 5.11 Å². The normalized spacial score (nSPS) is 12.9. The van der Waals surface area contributed by atoms with Crippen LogP contribution in [0, 0.1) is 0 Å². The second-order valence-electron chi connectivity index (χ2n) is 2.62. The molecule has 0 unspecified atom stereocenters. The van der Waals surface area contributed by atoms with Crippen LogP contribution >= 0.6 is 0 Å². The van der Waals surface area contributed by atoms with Gasteiger partial charge in [0.1, 0.15) is 0 Å². The zero-order valence-electron chi connectivity index (χ0n) is 6.36. The summed E-state index contributed by atoms with van der Waals surface area (Å²) in [5, 5.41) is 10.3. The van der Waals surface area contributed by atoms with Gasteiger partial charge < -0.3 is 5.73 Å². The van der Waals surface area contributed by atoms with Gasteiger partial charge in [-0.3, -0.25) is 0 Å². The largest absolute Gasteiger partial charge is 0.325 e. The van der Waals surface area contributed by atoms with E-state index in [2.05, 4.69) is 0 Å². The molecule has 1 atom stereocenters. The molecule has 0 amide bonds. The minimum absolute atomic E-state index is 0.200. The smallest absolute Gasteiger partial charge is 0.0976 e. The summed E-state index contributed by atoms with van der Waals surface area (Å²) in [5.74, 6) is 0. The first-order valence-corrected chi connectivity index (χ1v) is 3.70. The maximum absolute atomic E-state index is 10.3. The number of hydrogen-bond donors (Lipinski definition) is 1. The van der Waals surface area contributed by atoms with Crippen LogP contribution in [0.15, 0.2) is 30.3 Å². The van der Waals surface area contributed by atoms with Crippen molar-refractivity contribution >= 4 is 0 Å². The molecule has 1 rings (SSSR count). The van der Waals surface area contributed by atoms with Crippen molar-refractivity contribution in [2.45, 2.75) is 12.5 Å². The van der Waals surface area contributed by atoms with Gasteiger partial charge in [0, 0.05) is 6.04 Å². The average molecular weight is 150 g/mol. The first kappa shape index (κ1) is 8.24. The van der Waals surface area contributed by atoms with E-state index in [1.807, 2.05) is 30.3 Å². The van der Waals surface area contributed by atoms with Gasteiger partial charge >= 0.3 is 0 Å². The Kier molecular flexibility index (Phi) is 3.08. The van der Waals surface area contributed by atoms with Gasteiger partial charge in [-0.25, -0.2) is 5.11 Å². The van der Waals surface area contributed by atoms with E-state index >= 15 is 0 Å². The summed E-state index contributed by atoms with van der Waals surface area (Å²) in [6.45, 7) is -0.200. The quantitative estimate of drug-likeness (QED) is 0.686. The van der Waals surface area contributed by atoms with Crippen molar-refractivity contribution in [2.75, 3.05) is 6.61 Å². The average Bonchev–Trinajstić information content (AvgIpc) is 2.06. The molecule has 0 aliphatic heterocycles. The summed E-state index contributed by atoms with van der Waals surface area (Å²) >= 11 is 0. The molecule has 11 heavy (non-hydrogen) atoms.